The number of carboxylic acid groups (broad SMARTS) is 1. The van der Waals surface area contributed by atoms with E-state index in [0.29, 0.717) is 0 Å². The smallest absolute Gasteiger partial charge is 0.418 e. The molecule has 100 valence electrons. The van der Waals surface area contributed by atoms with Gasteiger partial charge in [-0.25, -0.2) is 4.79 Å². The molecule has 1 N–H and O–H groups in total. The molecule has 0 bridgehead atoms. The first kappa shape index (κ1) is 15.1. The average molecular weight is 303 g/mol. The van der Waals surface area contributed by atoms with E-state index in [1.807, 2.05) is 0 Å². The number of benzene rings is 1. The molecule has 0 fully saturated rings. The van der Waals surface area contributed by atoms with Crippen LogP contribution in [0.5, 0.6) is 0 Å². The van der Waals surface area contributed by atoms with Crippen molar-refractivity contribution in [2.75, 3.05) is 6.61 Å². The van der Waals surface area contributed by atoms with E-state index in [1.54, 1.807) is 0 Å². The zero-order chi connectivity index (χ0) is 13.9. The van der Waals surface area contributed by atoms with Crippen LogP contribution in [0.1, 0.15) is 11.7 Å². The van der Waals surface area contributed by atoms with E-state index < -0.39 is 30.4 Å². The lowest BCUT2D eigenvalue weighted by Gasteiger charge is -2.22. The fraction of sp³-hybridized carbons (Fsp3) is 0.300. The number of hydrogen-bond acceptors (Lipinski definition) is 2. The third kappa shape index (κ3) is 3.76. The van der Waals surface area contributed by atoms with Crippen molar-refractivity contribution in [1.82, 2.24) is 0 Å². The highest BCUT2D eigenvalue weighted by molar-refractivity contribution is 6.36. The lowest BCUT2D eigenvalue weighted by molar-refractivity contribution is -0.225. The lowest BCUT2D eigenvalue weighted by atomic mass is 10.1. The molecule has 0 aliphatic heterocycles. The molecule has 1 aromatic rings. The molecule has 18 heavy (non-hydrogen) atoms. The number of hydrogen-bond donors (Lipinski definition) is 1. The number of ether oxygens (including phenoxy) is 1. The van der Waals surface area contributed by atoms with Crippen LogP contribution in [0.15, 0.2) is 18.2 Å². The highest BCUT2D eigenvalue weighted by atomic mass is 35.5. The largest absolute Gasteiger partial charge is 0.480 e. The minimum atomic E-state index is -4.82. The van der Waals surface area contributed by atoms with Gasteiger partial charge in [0.05, 0.1) is 0 Å². The van der Waals surface area contributed by atoms with E-state index in [0.717, 1.165) is 0 Å². The quantitative estimate of drug-likeness (QED) is 0.922. The molecule has 8 heteroatoms. The molecular formula is C10H7Cl2F3O3. The maximum Gasteiger partial charge on any atom is 0.418 e. The summed E-state index contributed by atoms with van der Waals surface area (Å²) in [6.45, 7) is -1.11. The minimum Gasteiger partial charge on any atom is -0.480 e. The molecule has 0 heterocycles. The fourth-order valence-electron chi connectivity index (χ4n) is 1.26. The van der Waals surface area contributed by atoms with Crippen molar-refractivity contribution in [2.24, 2.45) is 0 Å². The summed E-state index contributed by atoms with van der Waals surface area (Å²) in [5.41, 5.74) is -0.491. The van der Waals surface area contributed by atoms with Gasteiger partial charge in [0.25, 0.3) is 0 Å². The summed E-state index contributed by atoms with van der Waals surface area (Å²) in [4.78, 5) is 10.3. The van der Waals surface area contributed by atoms with Gasteiger partial charge in [0.2, 0.25) is 0 Å². The summed E-state index contributed by atoms with van der Waals surface area (Å²) in [6.07, 6.45) is -7.29. The van der Waals surface area contributed by atoms with Gasteiger partial charge in [0.15, 0.2) is 6.10 Å². The third-order valence-electron chi connectivity index (χ3n) is 1.93. The molecule has 3 nitrogen and oxygen atoms in total. The Morgan fingerprint density at radius 1 is 1.33 bits per heavy atom. The summed E-state index contributed by atoms with van der Waals surface area (Å²) in [5, 5.41) is 7.87. The Hall–Kier alpha value is -0.980. The van der Waals surface area contributed by atoms with Gasteiger partial charge in [-0.1, -0.05) is 29.3 Å². The Balaban J connectivity index is 3.14. The topological polar surface area (TPSA) is 46.5 Å². The van der Waals surface area contributed by atoms with Gasteiger partial charge in [-0.15, -0.1) is 0 Å². The van der Waals surface area contributed by atoms with Crippen LogP contribution in [0.4, 0.5) is 13.2 Å². The Kier molecular flexibility index (Phi) is 4.84. The summed E-state index contributed by atoms with van der Waals surface area (Å²) in [5.74, 6) is -1.52. The van der Waals surface area contributed by atoms with E-state index in [4.69, 9.17) is 28.3 Å². The number of alkyl halides is 3. The number of halogens is 5. The van der Waals surface area contributed by atoms with E-state index in [-0.39, 0.29) is 10.0 Å². The molecule has 0 amide bonds. The van der Waals surface area contributed by atoms with E-state index in [1.165, 1.54) is 18.2 Å². The Bertz CT molecular complexity index is 428. The standard InChI is InChI=1S/C10H7Cl2F3O3/c11-5-2-1-3-6(12)8(5)9(10(13,14)15)18-4-7(16)17/h1-3,9H,4H2,(H,16,17). The maximum atomic E-state index is 12.8. The van der Waals surface area contributed by atoms with Crippen molar-refractivity contribution in [3.05, 3.63) is 33.8 Å². The Morgan fingerprint density at radius 3 is 2.22 bits per heavy atom. The molecule has 0 radical (unpaired) electrons. The van der Waals surface area contributed by atoms with Crippen molar-refractivity contribution in [2.45, 2.75) is 12.3 Å². The van der Waals surface area contributed by atoms with Crippen molar-refractivity contribution in [3.63, 3.8) is 0 Å². The summed E-state index contributed by atoms with van der Waals surface area (Å²) >= 11 is 11.3. The fourth-order valence-corrected chi connectivity index (χ4v) is 1.85. The van der Waals surface area contributed by atoms with Crippen molar-refractivity contribution in [3.8, 4) is 0 Å². The van der Waals surface area contributed by atoms with Crippen molar-refractivity contribution < 1.29 is 27.8 Å². The van der Waals surface area contributed by atoms with Crippen LogP contribution < -0.4 is 0 Å². The second-order valence-corrected chi connectivity index (χ2v) is 4.08. The van der Waals surface area contributed by atoms with E-state index in [2.05, 4.69) is 4.74 Å². The first-order valence-electron chi connectivity index (χ1n) is 4.57. The predicted octanol–water partition coefficient (Wildman–Crippen LogP) is 3.70. The van der Waals surface area contributed by atoms with Crippen LogP contribution in [0, 0.1) is 0 Å². The molecule has 0 spiro atoms. The van der Waals surface area contributed by atoms with E-state index in [9.17, 15) is 18.0 Å². The third-order valence-corrected chi connectivity index (χ3v) is 2.59. The molecule has 0 aliphatic rings. The highest BCUT2D eigenvalue weighted by Gasteiger charge is 2.44. The average Bonchev–Trinajstić information content (AvgIpc) is 2.20. The molecule has 1 unspecified atom stereocenters. The van der Waals surface area contributed by atoms with Gasteiger partial charge >= 0.3 is 12.1 Å². The second-order valence-electron chi connectivity index (χ2n) is 3.26. The van der Waals surface area contributed by atoms with Crippen LogP contribution >= 0.6 is 23.2 Å². The Labute approximate surface area is 110 Å². The molecule has 1 aromatic carbocycles. The van der Waals surface area contributed by atoms with E-state index >= 15 is 0 Å². The summed E-state index contributed by atoms with van der Waals surface area (Å²) < 4.78 is 42.7. The van der Waals surface area contributed by atoms with Gasteiger partial charge < -0.3 is 9.84 Å². The van der Waals surface area contributed by atoms with Crippen molar-refractivity contribution >= 4 is 29.2 Å². The number of carbonyl (C=O) groups is 1. The zero-order valence-corrected chi connectivity index (χ0v) is 10.2. The van der Waals surface area contributed by atoms with Gasteiger partial charge in [-0.2, -0.15) is 13.2 Å². The monoisotopic (exact) mass is 302 g/mol. The zero-order valence-electron chi connectivity index (χ0n) is 8.67. The molecule has 0 saturated carbocycles. The van der Waals surface area contributed by atoms with Crippen LogP contribution in [0.25, 0.3) is 0 Å². The van der Waals surface area contributed by atoms with Gasteiger partial charge in [-0.3, -0.25) is 0 Å². The first-order chi connectivity index (χ1) is 8.23. The maximum absolute atomic E-state index is 12.8. The SMILES string of the molecule is O=C(O)COC(c1c(Cl)cccc1Cl)C(F)(F)F. The molecule has 0 aromatic heterocycles. The van der Waals surface area contributed by atoms with Crippen LogP contribution in [-0.2, 0) is 9.53 Å². The first-order valence-corrected chi connectivity index (χ1v) is 5.33. The number of carboxylic acids is 1. The van der Waals surface area contributed by atoms with Crippen LogP contribution in [-0.4, -0.2) is 23.9 Å². The minimum absolute atomic E-state index is 0.241. The molecule has 0 aliphatic carbocycles. The molecule has 0 saturated heterocycles. The van der Waals surface area contributed by atoms with Crippen LogP contribution in [0.2, 0.25) is 10.0 Å². The molecule has 1 atom stereocenters. The molecular weight excluding hydrogens is 296 g/mol. The number of rotatable bonds is 4. The lowest BCUT2D eigenvalue weighted by Crippen LogP contribution is -2.26. The van der Waals surface area contributed by atoms with Crippen LogP contribution in [0.3, 0.4) is 0 Å². The summed E-state index contributed by atoms with van der Waals surface area (Å²) in [6, 6.07) is 3.80. The van der Waals surface area contributed by atoms with Gasteiger partial charge in [-0.05, 0) is 12.1 Å². The van der Waals surface area contributed by atoms with Crippen molar-refractivity contribution in [1.29, 1.82) is 0 Å². The van der Waals surface area contributed by atoms with Gasteiger partial charge in [0.1, 0.15) is 6.61 Å². The number of aliphatic carboxylic acids is 1. The van der Waals surface area contributed by atoms with Gasteiger partial charge in [0, 0.05) is 15.6 Å². The second kappa shape index (κ2) is 5.77. The molecule has 1 rings (SSSR count). The predicted molar refractivity (Wildman–Crippen MR) is 58.8 cm³/mol. The summed E-state index contributed by atoms with van der Waals surface area (Å²) in [7, 11) is 0. The Morgan fingerprint density at radius 2 is 1.83 bits per heavy atom. The normalized spacial score (nSPS) is 13.4. The highest BCUT2D eigenvalue weighted by Crippen LogP contribution is 2.42.